The van der Waals surface area contributed by atoms with E-state index in [9.17, 15) is 4.39 Å². The topological polar surface area (TPSA) is 21.3 Å². The number of hydrogen-bond acceptors (Lipinski definition) is 2. The van der Waals surface area contributed by atoms with Crippen molar-refractivity contribution in [2.75, 3.05) is 20.2 Å². The molecule has 2 nitrogen and oxygen atoms in total. The number of rotatable bonds is 3. The third-order valence-electron chi connectivity index (χ3n) is 3.26. The van der Waals surface area contributed by atoms with Gasteiger partial charge in [0.15, 0.2) is 0 Å². The van der Waals surface area contributed by atoms with Crippen LogP contribution >= 0.6 is 15.9 Å². The summed E-state index contributed by atoms with van der Waals surface area (Å²) in [6, 6.07) is 3.51. The molecule has 0 spiro atoms. The molecule has 2 rings (SSSR count). The Hall–Kier alpha value is -0.610. The van der Waals surface area contributed by atoms with E-state index in [1.54, 1.807) is 13.2 Å². The van der Waals surface area contributed by atoms with Crippen molar-refractivity contribution in [3.8, 4) is 5.75 Å². The number of piperidine rings is 1. The highest BCUT2D eigenvalue weighted by molar-refractivity contribution is 9.10. The molecule has 0 aliphatic carbocycles. The fourth-order valence-electron chi connectivity index (χ4n) is 2.34. The van der Waals surface area contributed by atoms with Crippen molar-refractivity contribution in [3.63, 3.8) is 0 Å². The number of halogens is 2. The summed E-state index contributed by atoms with van der Waals surface area (Å²) in [5, 5.41) is 3.35. The van der Waals surface area contributed by atoms with Crippen LogP contribution in [-0.4, -0.2) is 20.2 Å². The van der Waals surface area contributed by atoms with Crippen LogP contribution in [-0.2, 0) is 6.42 Å². The second-order valence-corrected chi connectivity index (χ2v) is 5.31. The van der Waals surface area contributed by atoms with Gasteiger partial charge in [-0.05, 0) is 66.3 Å². The Kier molecular flexibility index (Phi) is 4.40. The molecule has 1 heterocycles. The molecular formula is C13H17BrFNO. The normalized spacial score (nSPS) is 20.3. The molecular weight excluding hydrogens is 285 g/mol. The van der Waals surface area contributed by atoms with Crippen molar-refractivity contribution >= 4 is 15.9 Å². The summed E-state index contributed by atoms with van der Waals surface area (Å²) >= 11 is 3.23. The van der Waals surface area contributed by atoms with Crippen LogP contribution in [0.15, 0.2) is 16.6 Å². The number of hydrogen-bond donors (Lipinski definition) is 1. The van der Waals surface area contributed by atoms with E-state index in [0.717, 1.165) is 25.9 Å². The highest BCUT2D eigenvalue weighted by Gasteiger charge is 2.19. The molecule has 1 atom stereocenters. The molecule has 1 aliphatic rings. The lowest BCUT2D eigenvalue weighted by atomic mass is 9.92. The molecule has 1 saturated heterocycles. The lowest BCUT2D eigenvalue weighted by molar-refractivity contribution is 0.357. The lowest BCUT2D eigenvalue weighted by Gasteiger charge is -2.23. The first-order valence-corrected chi connectivity index (χ1v) is 6.73. The Labute approximate surface area is 110 Å². The Morgan fingerprint density at radius 3 is 3.00 bits per heavy atom. The lowest BCUT2D eigenvalue weighted by Crippen LogP contribution is -2.31. The summed E-state index contributed by atoms with van der Waals surface area (Å²) in [4.78, 5) is 0. The monoisotopic (exact) mass is 301 g/mol. The van der Waals surface area contributed by atoms with E-state index in [0.29, 0.717) is 21.7 Å². The van der Waals surface area contributed by atoms with Crippen LogP contribution < -0.4 is 10.1 Å². The number of ether oxygens (including phenoxy) is 1. The van der Waals surface area contributed by atoms with Gasteiger partial charge >= 0.3 is 0 Å². The molecule has 17 heavy (non-hydrogen) atoms. The van der Waals surface area contributed by atoms with Crippen molar-refractivity contribution in [2.45, 2.75) is 19.3 Å². The fraction of sp³-hybridized carbons (Fsp3) is 0.538. The Bertz CT molecular complexity index is 391. The highest BCUT2D eigenvalue weighted by atomic mass is 79.9. The van der Waals surface area contributed by atoms with Gasteiger partial charge in [0, 0.05) is 5.56 Å². The smallest absolute Gasteiger partial charge is 0.144 e. The van der Waals surface area contributed by atoms with Gasteiger partial charge in [0.05, 0.1) is 11.6 Å². The van der Waals surface area contributed by atoms with Crippen LogP contribution in [0.2, 0.25) is 0 Å². The van der Waals surface area contributed by atoms with Crippen molar-refractivity contribution in [3.05, 3.63) is 28.0 Å². The van der Waals surface area contributed by atoms with E-state index in [2.05, 4.69) is 21.2 Å². The molecule has 1 aromatic carbocycles. The van der Waals surface area contributed by atoms with Crippen LogP contribution in [0.4, 0.5) is 4.39 Å². The number of benzene rings is 1. The van der Waals surface area contributed by atoms with Gasteiger partial charge in [-0.3, -0.25) is 0 Å². The minimum atomic E-state index is -0.185. The summed E-state index contributed by atoms with van der Waals surface area (Å²) in [6.45, 7) is 2.05. The standard InChI is InChI=1S/C13H17BrFNO/c1-17-12-5-4-11(14)13(15)10(12)7-9-3-2-6-16-8-9/h4-5,9,16H,2-3,6-8H2,1H3. The predicted molar refractivity (Wildman–Crippen MR) is 69.9 cm³/mol. The molecule has 1 unspecified atom stereocenters. The van der Waals surface area contributed by atoms with Crippen LogP contribution in [0.3, 0.4) is 0 Å². The van der Waals surface area contributed by atoms with Crippen molar-refractivity contribution < 1.29 is 9.13 Å². The maximum atomic E-state index is 14.1. The molecule has 0 saturated carbocycles. The zero-order valence-electron chi connectivity index (χ0n) is 9.93. The average Bonchev–Trinajstić information content (AvgIpc) is 2.37. The Balaban J connectivity index is 2.20. The van der Waals surface area contributed by atoms with Crippen LogP contribution in [0, 0.1) is 11.7 Å². The third kappa shape index (κ3) is 2.99. The minimum absolute atomic E-state index is 0.185. The van der Waals surface area contributed by atoms with Crippen molar-refractivity contribution in [1.29, 1.82) is 0 Å². The molecule has 0 bridgehead atoms. The largest absolute Gasteiger partial charge is 0.496 e. The number of methoxy groups -OCH3 is 1. The molecule has 1 fully saturated rings. The highest BCUT2D eigenvalue weighted by Crippen LogP contribution is 2.30. The summed E-state index contributed by atoms with van der Waals surface area (Å²) in [7, 11) is 1.59. The first-order chi connectivity index (χ1) is 8.22. The van der Waals surface area contributed by atoms with Gasteiger partial charge in [-0.1, -0.05) is 0 Å². The molecule has 1 aliphatic heterocycles. The van der Waals surface area contributed by atoms with Gasteiger partial charge in [0.1, 0.15) is 11.6 Å². The Morgan fingerprint density at radius 1 is 1.53 bits per heavy atom. The molecule has 0 aromatic heterocycles. The second-order valence-electron chi connectivity index (χ2n) is 4.46. The molecule has 1 aromatic rings. The van der Waals surface area contributed by atoms with Gasteiger partial charge in [-0.2, -0.15) is 0 Å². The average molecular weight is 302 g/mol. The minimum Gasteiger partial charge on any atom is -0.496 e. The van der Waals surface area contributed by atoms with E-state index in [1.165, 1.54) is 6.42 Å². The number of nitrogens with one attached hydrogen (secondary N) is 1. The summed E-state index contributed by atoms with van der Waals surface area (Å²) in [6.07, 6.45) is 3.06. The SMILES string of the molecule is COc1ccc(Br)c(F)c1CC1CCCNC1. The van der Waals surface area contributed by atoms with E-state index in [1.807, 2.05) is 6.07 Å². The second kappa shape index (κ2) is 5.83. The molecule has 4 heteroatoms. The summed E-state index contributed by atoms with van der Waals surface area (Å²) < 4.78 is 19.8. The molecule has 1 N–H and O–H groups in total. The zero-order valence-corrected chi connectivity index (χ0v) is 11.5. The Morgan fingerprint density at radius 2 is 2.35 bits per heavy atom. The summed E-state index contributed by atoms with van der Waals surface area (Å²) in [5.41, 5.74) is 0.690. The van der Waals surface area contributed by atoms with Crippen molar-refractivity contribution in [2.24, 2.45) is 5.92 Å². The van der Waals surface area contributed by atoms with E-state index >= 15 is 0 Å². The molecule has 0 radical (unpaired) electrons. The van der Waals surface area contributed by atoms with E-state index < -0.39 is 0 Å². The maximum Gasteiger partial charge on any atom is 0.144 e. The first kappa shape index (κ1) is 12.8. The van der Waals surface area contributed by atoms with Crippen LogP contribution in [0.5, 0.6) is 5.75 Å². The van der Waals surface area contributed by atoms with Crippen LogP contribution in [0.25, 0.3) is 0 Å². The third-order valence-corrected chi connectivity index (χ3v) is 3.88. The van der Waals surface area contributed by atoms with Gasteiger partial charge in [0.25, 0.3) is 0 Å². The van der Waals surface area contributed by atoms with Gasteiger partial charge in [-0.25, -0.2) is 4.39 Å². The first-order valence-electron chi connectivity index (χ1n) is 5.94. The summed E-state index contributed by atoms with van der Waals surface area (Å²) in [5.74, 6) is 0.965. The fourth-order valence-corrected chi connectivity index (χ4v) is 2.71. The van der Waals surface area contributed by atoms with Gasteiger partial charge in [0.2, 0.25) is 0 Å². The van der Waals surface area contributed by atoms with Crippen LogP contribution in [0.1, 0.15) is 18.4 Å². The van der Waals surface area contributed by atoms with Gasteiger partial charge in [-0.15, -0.1) is 0 Å². The van der Waals surface area contributed by atoms with Gasteiger partial charge < -0.3 is 10.1 Å². The quantitative estimate of drug-likeness (QED) is 0.926. The van der Waals surface area contributed by atoms with E-state index in [4.69, 9.17) is 4.74 Å². The van der Waals surface area contributed by atoms with E-state index in [-0.39, 0.29) is 5.82 Å². The predicted octanol–water partition coefficient (Wildman–Crippen LogP) is 3.14. The molecule has 94 valence electrons. The maximum absolute atomic E-state index is 14.1. The molecule has 0 amide bonds. The zero-order chi connectivity index (χ0) is 12.3. The van der Waals surface area contributed by atoms with Crippen molar-refractivity contribution in [1.82, 2.24) is 5.32 Å².